The molecule has 0 saturated carbocycles. The van der Waals surface area contributed by atoms with E-state index in [2.05, 4.69) is 15.3 Å². The van der Waals surface area contributed by atoms with Gasteiger partial charge in [0.25, 0.3) is 5.91 Å². The highest BCUT2D eigenvalue weighted by molar-refractivity contribution is 6.03. The Kier molecular flexibility index (Phi) is 2.49. The van der Waals surface area contributed by atoms with Gasteiger partial charge >= 0.3 is 0 Å². The van der Waals surface area contributed by atoms with Gasteiger partial charge in [-0.05, 0) is 12.1 Å². The summed E-state index contributed by atoms with van der Waals surface area (Å²) in [5.74, 6) is 0.468. The number of aromatic nitrogens is 3. The van der Waals surface area contributed by atoms with Crippen LogP contribution >= 0.6 is 0 Å². The van der Waals surface area contributed by atoms with E-state index < -0.39 is 0 Å². The van der Waals surface area contributed by atoms with Crippen molar-refractivity contribution >= 4 is 17.4 Å². The molecular weight excluding hydrogens is 228 g/mol. The minimum atomic E-state index is -0.158. The number of hydrogen-bond acceptors (Lipinski definition) is 3. The number of amides is 1. The Hall–Kier alpha value is -2.69. The smallest absolute Gasteiger partial charge is 0.256 e. The van der Waals surface area contributed by atoms with Crippen LogP contribution in [0.15, 0.2) is 55.1 Å². The van der Waals surface area contributed by atoms with Crippen molar-refractivity contribution in [2.24, 2.45) is 0 Å². The summed E-state index contributed by atoms with van der Waals surface area (Å²) in [6.45, 7) is 0. The lowest BCUT2D eigenvalue weighted by Crippen LogP contribution is -2.13. The summed E-state index contributed by atoms with van der Waals surface area (Å²) < 4.78 is 1.77. The van der Waals surface area contributed by atoms with Crippen LogP contribution in [0.25, 0.3) is 5.65 Å². The molecule has 1 aromatic carbocycles. The van der Waals surface area contributed by atoms with E-state index in [1.165, 1.54) is 0 Å². The molecule has 0 aliphatic rings. The third kappa shape index (κ3) is 1.82. The molecule has 5 nitrogen and oxygen atoms in total. The zero-order valence-corrected chi connectivity index (χ0v) is 9.45. The van der Waals surface area contributed by atoms with E-state index in [-0.39, 0.29) is 5.91 Å². The molecule has 3 aromatic rings. The number of nitrogens with one attached hydrogen (secondary N) is 1. The molecule has 0 unspecified atom stereocenters. The third-order valence-corrected chi connectivity index (χ3v) is 2.59. The van der Waals surface area contributed by atoms with Crippen molar-refractivity contribution in [1.29, 1.82) is 0 Å². The molecule has 0 atom stereocenters. The van der Waals surface area contributed by atoms with Gasteiger partial charge in [-0.25, -0.2) is 4.98 Å². The highest BCUT2D eigenvalue weighted by Gasteiger charge is 2.08. The van der Waals surface area contributed by atoms with E-state index >= 15 is 0 Å². The highest BCUT2D eigenvalue weighted by atomic mass is 16.1. The number of carbonyl (C=O) groups is 1. The Balaban J connectivity index is 1.91. The van der Waals surface area contributed by atoms with Gasteiger partial charge in [-0.3, -0.25) is 14.2 Å². The predicted octanol–water partition coefficient (Wildman–Crippen LogP) is 1.98. The van der Waals surface area contributed by atoms with Crippen LogP contribution in [-0.4, -0.2) is 20.3 Å². The van der Waals surface area contributed by atoms with Gasteiger partial charge < -0.3 is 5.32 Å². The molecule has 1 N–H and O–H groups in total. The van der Waals surface area contributed by atoms with Crippen LogP contribution in [-0.2, 0) is 0 Å². The van der Waals surface area contributed by atoms with E-state index in [1.807, 2.05) is 18.2 Å². The number of anilines is 1. The van der Waals surface area contributed by atoms with E-state index in [9.17, 15) is 4.79 Å². The molecule has 0 fully saturated rings. The predicted molar refractivity (Wildman–Crippen MR) is 67.4 cm³/mol. The van der Waals surface area contributed by atoms with Crippen molar-refractivity contribution in [1.82, 2.24) is 14.4 Å². The molecular formula is C13H10N4O. The Morgan fingerprint density at radius 3 is 2.83 bits per heavy atom. The zero-order chi connectivity index (χ0) is 12.4. The Morgan fingerprint density at radius 2 is 2.00 bits per heavy atom. The van der Waals surface area contributed by atoms with Gasteiger partial charge in [0.05, 0.1) is 12.4 Å². The summed E-state index contributed by atoms with van der Waals surface area (Å²) in [6, 6.07) is 9.05. The lowest BCUT2D eigenvalue weighted by atomic mass is 10.2. The molecule has 18 heavy (non-hydrogen) atoms. The summed E-state index contributed by atoms with van der Waals surface area (Å²) in [6.07, 6.45) is 6.64. The number of benzene rings is 1. The minimum absolute atomic E-state index is 0.158. The first-order chi connectivity index (χ1) is 8.84. The molecule has 2 aromatic heterocycles. The van der Waals surface area contributed by atoms with Gasteiger partial charge in [-0.1, -0.05) is 18.2 Å². The number of nitrogens with zero attached hydrogens (tertiary/aromatic N) is 3. The molecule has 2 heterocycles. The molecule has 1 amide bonds. The number of hydrogen-bond donors (Lipinski definition) is 1. The summed E-state index contributed by atoms with van der Waals surface area (Å²) in [5, 5.41) is 2.81. The second-order valence-electron chi connectivity index (χ2n) is 3.77. The summed E-state index contributed by atoms with van der Waals surface area (Å²) in [4.78, 5) is 20.1. The van der Waals surface area contributed by atoms with Gasteiger partial charge in [-0.15, -0.1) is 0 Å². The van der Waals surface area contributed by atoms with Crippen LogP contribution in [0, 0.1) is 0 Å². The molecule has 0 bridgehead atoms. The SMILES string of the molecule is O=C(Nc1cnc2cnccn12)c1ccccc1. The van der Waals surface area contributed by atoms with Gasteiger partial charge in [0, 0.05) is 18.0 Å². The van der Waals surface area contributed by atoms with Crippen LogP contribution < -0.4 is 5.32 Å². The van der Waals surface area contributed by atoms with Crippen LogP contribution in [0.3, 0.4) is 0 Å². The molecule has 0 aliphatic carbocycles. The van der Waals surface area contributed by atoms with Crippen molar-refractivity contribution in [3.8, 4) is 0 Å². The average molecular weight is 238 g/mol. The van der Waals surface area contributed by atoms with E-state index in [1.54, 1.807) is 41.3 Å². The van der Waals surface area contributed by atoms with Gasteiger partial charge in [0.2, 0.25) is 0 Å². The minimum Gasteiger partial charge on any atom is -0.306 e. The maximum Gasteiger partial charge on any atom is 0.256 e. The standard InChI is InChI=1S/C13H10N4O/c18-13(10-4-2-1-3-5-10)16-12-9-15-11-8-14-6-7-17(11)12/h1-9H,(H,16,18). The first-order valence-corrected chi connectivity index (χ1v) is 5.48. The molecule has 0 radical (unpaired) electrons. The largest absolute Gasteiger partial charge is 0.306 e. The van der Waals surface area contributed by atoms with E-state index in [0.717, 1.165) is 0 Å². The Morgan fingerprint density at radius 1 is 1.17 bits per heavy atom. The molecule has 88 valence electrons. The first-order valence-electron chi connectivity index (χ1n) is 5.48. The Bertz CT molecular complexity index is 690. The summed E-state index contributed by atoms with van der Waals surface area (Å²) >= 11 is 0. The molecule has 0 saturated heterocycles. The molecule has 3 rings (SSSR count). The topological polar surface area (TPSA) is 59.3 Å². The Labute approximate surface area is 103 Å². The maximum absolute atomic E-state index is 12.0. The quantitative estimate of drug-likeness (QED) is 0.742. The van der Waals surface area contributed by atoms with E-state index in [0.29, 0.717) is 17.0 Å². The van der Waals surface area contributed by atoms with Crippen molar-refractivity contribution in [3.63, 3.8) is 0 Å². The number of rotatable bonds is 2. The van der Waals surface area contributed by atoms with Gasteiger partial charge in [0.1, 0.15) is 5.82 Å². The summed E-state index contributed by atoms with van der Waals surface area (Å²) in [5.41, 5.74) is 1.31. The monoisotopic (exact) mass is 238 g/mol. The number of carbonyl (C=O) groups excluding carboxylic acids is 1. The van der Waals surface area contributed by atoms with Crippen LogP contribution in [0.4, 0.5) is 5.82 Å². The zero-order valence-electron chi connectivity index (χ0n) is 9.45. The number of imidazole rings is 1. The van der Waals surface area contributed by atoms with Crippen molar-refractivity contribution in [3.05, 3.63) is 60.7 Å². The fraction of sp³-hybridized carbons (Fsp3) is 0. The lowest BCUT2D eigenvalue weighted by Gasteiger charge is -2.04. The van der Waals surface area contributed by atoms with Gasteiger partial charge in [0.15, 0.2) is 5.65 Å². The molecule has 0 spiro atoms. The van der Waals surface area contributed by atoms with Crippen molar-refractivity contribution in [2.45, 2.75) is 0 Å². The van der Waals surface area contributed by atoms with Crippen LogP contribution in [0.5, 0.6) is 0 Å². The number of fused-ring (bicyclic) bond motifs is 1. The average Bonchev–Trinajstić information content (AvgIpc) is 2.83. The first kappa shape index (κ1) is 10.5. The normalized spacial score (nSPS) is 10.4. The molecule has 5 heteroatoms. The van der Waals surface area contributed by atoms with E-state index in [4.69, 9.17) is 0 Å². The second kappa shape index (κ2) is 4.29. The van der Waals surface area contributed by atoms with Crippen molar-refractivity contribution in [2.75, 3.05) is 5.32 Å². The summed E-state index contributed by atoms with van der Waals surface area (Å²) in [7, 11) is 0. The van der Waals surface area contributed by atoms with Gasteiger partial charge in [-0.2, -0.15) is 0 Å². The molecule has 0 aliphatic heterocycles. The fourth-order valence-corrected chi connectivity index (χ4v) is 1.71. The fourth-order valence-electron chi connectivity index (χ4n) is 1.71. The lowest BCUT2D eigenvalue weighted by molar-refractivity contribution is 0.102. The van der Waals surface area contributed by atoms with Crippen molar-refractivity contribution < 1.29 is 4.79 Å². The third-order valence-electron chi connectivity index (χ3n) is 2.59. The maximum atomic E-state index is 12.0. The second-order valence-corrected chi connectivity index (χ2v) is 3.77. The highest BCUT2D eigenvalue weighted by Crippen LogP contribution is 2.11. The van der Waals surface area contributed by atoms with Crippen LogP contribution in [0.2, 0.25) is 0 Å². The van der Waals surface area contributed by atoms with Crippen LogP contribution in [0.1, 0.15) is 10.4 Å².